The first kappa shape index (κ1) is 18.0. The molecule has 1 aromatic carbocycles. The number of carbonyl (C=O) groups is 1. The van der Waals surface area contributed by atoms with Crippen molar-refractivity contribution in [1.29, 1.82) is 0 Å². The SMILES string of the molecule is CCc1ccc(CC)c(C(=O)Cn2cc(C(F)(F)F)ccc2=O)c1. The quantitative estimate of drug-likeness (QED) is 0.777. The standard InChI is InChI=1S/C18H18F3NO2/c1-3-12-5-6-13(4-2)15(9-12)16(23)11-22-10-14(18(19,20)21)7-8-17(22)24/h5-10H,3-4,11H2,1-2H3. The minimum atomic E-state index is -4.56. The summed E-state index contributed by atoms with van der Waals surface area (Å²) in [6.45, 7) is 3.43. The normalized spacial score (nSPS) is 11.5. The van der Waals surface area contributed by atoms with Crippen LogP contribution in [0.25, 0.3) is 0 Å². The fourth-order valence-electron chi connectivity index (χ4n) is 2.47. The van der Waals surface area contributed by atoms with Crippen molar-refractivity contribution in [2.75, 3.05) is 0 Å². The van der Waals surface area contributed by atoms with Gasteiger partial charge in [-0.2, -0.15) is 13.2 Å². The number of benzene rings is 1. The van der Waals surface area contributed by atoms with E-state index in [9.17, 15) is 22.8 Å². The van der Waals surface area contributed by atoms with E-state index in [1.807, 2.05) is 26.0 Å². The van der Waals surface area contributed by atoms with Crippen LogP contribution in [0.4, 0.5) is 13.2 Å². The fourth-order valence-corrected chi connectivity index (χ4v) is 2.47. The first-order valence-electron chi connectivity index (χ1n) is 7.69. The van der Waals surface area contributed by atoms with Gasteiger partial charge in [0.1, 0.15) is 0 Å². The Morgan fingerprint density at radius 2 is 1.79 bits per heavy atom. The van der Waals surface area contributed by atoms with Gasteiger partial charge in [-0.15, -0.1) is 0 Å². The first-order valence-corrected chi connectivity index (χ1v) is 7.69. The Balaban J connectivity index is 2.38. The van der Waals surface area contributed by atoms with Crippen LogP contribution in [0.1, 0.15) is 40.9 Å². The lowest BCUT2D eigenvalue weighted by Crippen LogP contribution is -2.25. The van der Waals surface area contributed by atoms with E-state index in [4.69, 9.17) is 0 Å². The predicted octanol–water partition coefficient (Wildman–Crippen LogP) is 3.87. The maximum atomic E-state index is 12.8. The van der Waals surface area contributed by atoms with Crippen molar-refractivity contribution in [3.05, 3.63) is 69.1 Å². The Bertz CT molecular complexity index is 807. The van der Waals surface area contributed by atoms with Crippen molar-refractivity contribution in [3.63, 3.8) is 0 Å². The van der Waals surface area contributed by atoms with E-state index in [0.717, 1.165) is 34.2 Å². The van der Waals surface area contributed by atoms with E-state index in [-0.39, 0.29) is 5.78 Å². The molecule has 128 valence electrons. The number of aromatic nitrogens is 1. The summed E-state index contributed by atoms with van der Waals surface area (Å²) in [7, 11) is 0. The van der Waals surface area contributed by atoms with Gasteiger partial charge in [-0.1, -0.05) is 26.0 Å². The van der Waals surface area contributed by atoms with Crippen LogP contribution in [-0.4, -0.2) is 10.4 Å². The van der Waals surface area contributed by atoms with Crippen molar-refractivity contribution in [2.24, 2.45) is 0 Å². The highest BCUT2D eigenvalue weighted by molar-refractivity contribution is 5.97. The molecule has 0 radical (unpaired) electrons. The van der Waals surface area contributed by atoms with Crippen molar-refractivity contribution < 1.29 is 18.0 Å². The summed E-state index contributed by atoms with van der Waals surface area (Å²) in [5.41, 5.74) is 0.652. The molecule has 0 N–H and O–H groups in total. The van der Waals surface area contributed by atoms with Gasteiger partial charge in [-0.3, -0.25) is 9.59 Å². The molecule has 0 amide bonds. The minimum Gasteiger partial charge on any atom is -0.307 e. The summed E-state index contributed by atoms with van der Waals surface area (Å²) in [5, 5.41) is 0. The number of aryl methyl sites for hydroxylation is 2. The fraction of sp³-hybridized carbons (Fsp3) is 0.333. The highest BCUT2D eigenvalue weighted by Crippen LogP contribution is 2.28. The Morgan fingerprint density at radius 3 is 2.38 bits per heavy atom. The lowest BCUT2D eigenvalue weighted by atomic mass is 9.97. The summed E-state index contributed by atoms with van der Waals surface area (Å²) in [6.07, 6.45) is -2.50. The molecule has 24 heavy (non-hydrogen) atoms. The zero-order valence-corrected chi connectivity index (χ0v) is 13.5. The van der Waals surface area contributed by atoms with E-state index in [1.165, 1.54) is 0 Å². The molecule has 0 fully saturated rings. The minimum absolute atomic E-state index is 0.372. The summed E-state index contributed by atoms with van der Waals surface area (Å²) in [5.74, 6) is -0.372. The van der Waals surface area contributed by atoms with Crippen molar-refractivity contribution in [2.45, 2.75) is 39.4 Å². The van der Waals surface area contributed by atoms with E-state index in [2.05, 4.69) is 0 Å². The average molecular weight is 337 g/mol. The zero-order chi connectivity index (χ0) is 17.9. The molecule has 2 aromatic rings. The molecule has 0 aliphatic carbocycles. The third-order valence-corrected chi connectivity index (χ3v) is 3.89. The monoisotopic (exact) mass is 337 g/mol. The molecule has 0 unspecified atom stereocenters. The molecular formula is C18H18F3NO2. The average Bonchev–Trinajstić information content (AvgIpc) is 2.55. The van der Waals surface area contributed by atoms with E-state index < -0.39 is 23.8 Å². The van der Waals surface area contributed by atoms with Crippen LogP contribution in [0.2, 0.25) is 0 Å². The third kappa shape index (κ3) is 3.93. The number of hydrogen-bond donors (Lipinski definition) is 0. The number of nitrogens with zero attached hydrogens (tertiary/aromatic N) is 1. The topological polar surface area (TPSA) is 39.1 Å². The lowest BCUT2D eigenvalue weighted by molar-refractivity contribution is -0.138. The number of pyridine rings is 1. The summed E-state index contributed by atoms with van der Waals surface area (Å²) >= 11 is 0. The summed E-state index contributed by atoms with van der Waals surface area (Å²) in [4.78, 5) is 24.3. The van der Waals surface area contributed by atoms with Gasteiger partial charge < -0.3 is 4.57 Å². The van der Waals surface area contributed by atoms with Gasteiger partial charge in [0.25, 0.3) is 5.56 Å². The Morgan fingerprint density at radius 1 is 1.08 bits per heavy atom. The molecule has 0 bridgehead atoms. The van der Waals surface area contributed by atoms with Crippen LogP contribution in [-0.2, 0) is 25.6 Å². The van der Waals surface area contributed by atoms with Crippen LogP contribution in [0.3, 0.4) is 0 Å². The van der Waals surface area contributed by atoms with Gasteiger partial charge in [0.15, 0.2) is 5.78 Å². The van der Waals surface area contributed by atoms with Gasteiger partial charge in [-0.05, 0) is 36.1 Å². The van der Waals surface area contributed by atoms with Crippen LogP contribution >= 0.6 is 0 Å². The second kappa shape index (κ2) is 7.03. The Hall–Kier alpha value is -2.37. The second-order valence-electron chi connectivity index (χ2n) is 5.50. The lowest BCUT2D eigenvalue weighted by Gasteiger charge is -2.12. The van der Waals surface area contributed by atoms with Crippen molar-refractivity contribution >= 4 is 5.78 Å². The molecule has 0 aliphatic rings. The van der Waals surface area contributed by atoms with Crippen molar-refractivity contribution in [1.82, 2.24) is 4.57 Å². The van der Waals surface area contributed by atoms with E-state index in [1.54, 1.807) is 6.07 Å². The number of hydrogen-bond acceptors (Lipinski definition) is 2. The van der Waals surface area contributed by atoms with Crippen LogP contribution in [0.15, 0.2) is 41.3 Å². The molecule has 0 saturated carbocycles. The molecule has 3 nitrogen and oxygen atoms in total. The zero-order valence-electron chi connectivity index (χ0n) is 13.5. The first-order chi connectivity index (χ1) is 11.3. The van der Waals surface area contributed by atoms with E-state index >= 15 is 0 Å². The molecule has 0 spiro atoms. The highest BCUT2D eigenvalue weighted by atomic mass is 19.4. The van der Waals surface area contributed by atoms with Crippen LogP contribution in [0, 0.1) is 0 Å². The summed E-state index contributed by atoms with van der Waals surface area (Å²) < 4.78 is 39.1. The Kier molecular flexibility index (Phi) is 5.26. The van der Waals surface area contributed by atoms with Crippen molar-refractivity contribution in [3.8, 4) is 0 Å². The highest BCUT2D eigenvalue weighted by Gasteiger charge is 2.31. The van der Waals surface area contributed by atoms with Crippen LogP contribution < -0.4 is 5.56 Å². The molecule has 1 aromatic heterocycles. The largest absolute Gasteiger partial charge is 0.417 e. The third-order valence-electron chi connectivity index (χ3n) is 3.89. The smallest absolute Gasteiger partial charge is 0.307 e. The maximum absolute atomic E-state index is 12.8. The molecular weight excluding hydrogens is 319 g/mol. The van der Waals surface area contributed by atoms with Crippen LogP contribution in [0.5, 0.6) is 0 Å². The number of ketones is 1. The number of alkyl halides is 3. The predicted molar refractivity (Wildman–Crippen MR) is 85.2 cm³/mol. The van der Waals surface area contributed by atoms with Gasteiger partial charge >= 0.3 is 6.18 Å². The van der Waals surface area contributed by atoms with Gasteiger partial charge in [0, 0.05) is 17.8 Å². The molecule has 6 heteroatoms. The van der Waals surface area contributed by atoms with Gasteiger partial charge in [0.05, 0.1) is 12.1 Å². The second-order valence-corrected chi connectivity index (χ2v) is 5.50. The molecule has 1 heterocycles. The number of rotatable bonds is 5. The molecule has 0 aliphatic heterocycles. The molecule has 2 rings (SSSR count). The molecule has 0 atom stereocenters. The number of carbonyl (C=O) groups excluding carboxylic acids is 1. The molecule has 0 saturated heterocycles. The maximum Gasteiger partial charge on any atom is 0.417 e. The number of Topliss-reactive ketones (excluding diaryl/α,β-unsaturated/α-hetero) is 1. The van der Waals surface area contributed by atoms with Gasteiger partial charge in [0.2, 0.25) is 0 Å². The number of halogens is 3. The Labute approximate surface area is 137 Å². The van der Waals surface area contributed by atoms with Gasteiger partial charge in [-0.25, -0.2) is 0 Å². The van der Waals surface area contributed by atoms with E-state index in [0.29, 0.717) is 18.2 Å². The summed E-state index contributed by atoms with van der Waals surface area (Å²) in [6, 6.07) is 7.07.